The maximum Gasteiger partial charge on any atom is 0.0459 e. The van der Waals surface area contributed by atoms with E-state index < -0.39 is 0 Å². The Bertz CT molecular complexity index is 246. The fourth-order valence-corrected chi connectivity index (χ4v) is 3.41. The molecular formula is C13H28N4. The van der Waals surface area contributed by atoms with E-state index in [1.54, 1.807) is 0 Å². The van der Waals surface area contributed by atoms with Gasteiger partial charge in [-0.1, -0.05) is 0 Å². The van der Waals surface area contributed by atoms with Gasteiger partial charge in [-0.25, -0.2) is 0 Å². The van der Waals surface area contributed by atoms with Gasteiger partial charge in [-0.15, -0.1) is 0 Å². The van der Waals surface area contributed by atoms with Gasteiger partial charge >= 0.3 is 0 Å². The van der Waals surface area contributed by atoms with E-state index in [-0.39, 0.29) is 5.54 Å². The van der Waals surface area contributed by atoms with Crippen molar-refractivity contribution in [1.82, 2.24) is 14.7 Å². The summed E-state index contributed by atoms with van der Waals surface area (Å²) in [6.45, 7) is 8.00. The summed E-state index contributed by atoms with van der Waals surface area (Å²) >= 11 is 0. The van der Waals surface area contributed by atoms with E-state index in [1.165, 1.54) is 52.0 Å². The lowest BCUT2D eigenvalue weighted by molar-refractivity contribution is 0.0288. The second-order valence-electron chi connectivity index (χ2n) is 5.91. The lowest BCUT2D eigenvalue weighted by Gasteiger charge is -2.48. The third-order valence-corrected chi connectivity index (χ3v) is 4.52. The molecule has 0 amide bonds. The summed E-state index contributed by atoms with van der Waals surface area (Å²) in [7, 11) is 4.46. The van der Waals surface area contributed by atoms with Crippen molar-refractivity contribution in [2.45, 2.75) is 24.8 Å². The monoisotopic (exact) mass is 240 g/mol. The fraction of sp³-hybridized carbons (Fsp3) is 1.00. The standard InChI is InChI=1S/C13H28N4/c1-15-7-4-8-17(10-9-15)13(11-14)5-3-6-16(2)12-13/h3-12,14H2,1-2H3. The summed E-state index contributed by atoms with van der Waals surface area (Å²) in [5.41, 5.74) is 6.38. The van der Waals surface area contributed by atoms with Crippen molar-refractivity contribution in [3.8, 4) is 0 Å². The molecule has 0 bridgehead atoms. The van der Waals surface area contributed by atoms with Crippen LogP contribution in [-0.2, 0) is 0 Å². The number of likely N-dealkylation sites (tertiary alicyclic amines) is 1. The Kier molecular flexibility index (Phi) is 4.42. The minimum absolute atomic E-state index is 0.248. The summed E-state index contributed by atoms with van der Waals surface area (Å²) in [5.74, 6) is 0. The van der Waals surface area contributed by atoms with Gasteiger partial charge in [0.15, 0.2) is 0 Å². The Labute approximate surface area is 106 Å². The molecule has 100 valence electrons. The molecule has 0 aromatic carbocycles. The Hall–Kier alpha value is -0.160. The third-order valence-electron chi connectivity index (χ3n) is 4.52. The van der Waals surface area contributed by atoms with Gasteiger partial charge in [0.1, 0.15) is 0 Å². The maximum absolute atomic E-state index is 6.14. The lowest BCUT2D eigenvalue weighted by atomic mass is 9.87. The van der Waals surface area contributed by atoms with E-state index in [0.29, 0.717) is 0 Å². The van der Waals surface area contributed by atoms with Crippen molar-refractivity contribution < 1.29 is 0 Å². The van der Waals surface area contributed by atoms with Crippen molar-refractivity contribution in [2.24, 2.45) is 5.73 Å². The average molecular weight is 240 g/mol. The van der Waals surface area contributed by atoms with Crippen molar-refractivity contribution in [2.75, 3.05) is 59.9 Å². The van der Waals surface area contributed by atoms with Gasteiger partial charge in [-0.2, -0.15) is 0 Å². The molecule has 0 aromatic heterocycles. The van der Waals surface area contributed by atoms with Crippen LogP contribution in [0.15, 0.2) is 0 Å². The molecule has 0 spiro atoms. The zero-order valence-electron chi connectivity index (χ0n) is 11.5. The highest BCUT2D eigenvalue weighted by molar-refractivity contribution is 4.97. The summed E-state index contributed by atoms with van der Waals surface area (Å²) in [6, 6.07) is 0. The minimum atomic E-state index is 0.248. The molecule has 1 unspecified atom stereocenters. The van der Waals surface area contributed by atoms with Crippen LogP contribution in [0.5, 0.6) is 0 Å². The van der Waals surface area contributed by atoms with Crippen LogP contribution in [0, 0.1) is 0 Å². The van der Waals surface area contributed by atoms with Gasteiger partial charge in [0.05, 0.1) is 0 Å². The molecule has 0 aromatic rings. The molecule has 2 saturated heterocycles. The first kappa shape index (κ1) is 13.3. The molecule has 0 aliphatic carbocycles. The number of nitrogens with two attached hydrogens (primary N) is 1. The van der Waals surface area contributed by atoms with Gasteiger partial charge in [0, 0.05) is 38.3 Å². The second-order valence-corrected chi connectivity index (χ2v) is 5.91. The highest BCUT2D eigenvalue weighted by atomic mass is 15.3. The van der Waals surface area contributed by atoms with Gasteiger partial charge in [0.2, 0.25) is 0 Å². The number of rotatable bonds is 2. The Morgan fingerprint density at radius 1 is 0.941 bits per heavy atom. The molecule has 2 N–H and O–H groups in total. The first-order valence-electron chi connectivity index (χ1n) is 6.98. The molecule has 4 heteroatoms. The van der Waals surface area contributed by atoms with E-state index in [9.17, 15) is 0 Å². The quantitative estimate of drug-likeness (QED) is 0.740. The van der Waals surface area contributed by atoms with E-state index in [1.807, 2.05) is 0 Å². The SMILES string of the molecule is CN1CCCN(C2(CN)CCCN(C)C2)CC1. The van der Waals surface area contributed by atoms with Crippen molar-refractivity contribution in [1.29, 1.82) is 0 Å². The molecule has 1 atom stereocenters. The number of nitrogens with zero attached hydrogens (tertiary/aromatic N) is 3. The van der Waals surface area contributed by atoms with Crippen molar-refractivity contribution in [3.63, 3.8) is 0 Å². The largest absolute Gasteiger partial charge is 0.329 e. The Morgan fingerprint density at radius 2 is 1.71 bits per heavy atom. The molecule has 4 nitrogen and oxygen atoms in total. The van der Waals surface area contributed by atoms with Crippen molar-refractivity contribution >= 4 is 0 Å². The predicted molar refractivity (Wildman–Crippen MR) is 72.2 cm³/mol. The Morgan fingerprint density at radius 3 is 2.41 bits per heavy atom. The van der Waals surface area contributed by atoms with Crippen LogP contribution in [-0.4, -0.2) is 80.1 Å². The number of hydrogen-bond donors (Lipinski definition) is 1. The molecule has 2 fully saturated rings. The van der Waals surface area contributed by atoms with Crippen LogP contribution in [0.2, 0.25) is 0 Å². The first-order chi connectivity index (χ1) is 8.16. The summed E-state index contributed by atoms with van der Waals surface area (Å²) in [4.78, 5) is 7.56. The van der Waals surface area contributed by atoms with E-state index in [4.69, 9.17) is 5.73 Å². The maximum atomic E-state index is 6.14. The average Bonchev–Trinajstić information content (AvgIpc) is 2.54. The van der Waals surface area contributed by atoms with Gasteiger partial charge in [-0.05, 0) is 46.4 Å². The third kappa shape index (κ3) is 2.99. The molecule has 0 saturated carbocycles. The zero-order valence-corrected chi connectivity index (χ0v) is 11.5. The van der Waals surface area contributed by atoms with Crippen LogP contribution in [0.4, 0.5) is 0 Å². The summed E-state index contributed by atoms with van der Waals surface area (Å²) < 4.78 is 0. The molecule has 0 radical (unpaired) electrons. The van der Waals surface area contributed by atoms with Crippen molar-refractivity contribution in [3.05, 3.63) is 0 Å². The number of piperidine rings is 1. The number of hydrogen-bond acceptors (Lipinski definition) is 4. The van der Waals surface area contributed by atoms with E-state index in [2.05, 4.69) is 28.8 Å². The molecule has 2 rings (SSSR count). The highest BCUT2D eigenvalue weighted by Gasteiger charge is 2.38. The second kappa shape index (κ2) is 5.65. The lowest BCUT2D eigenvalue weighted by Crippen LogP contribution is -2.62. The van der Waals surface area contributed by atoms with Crippen LogP contribution in [0.1, 0.15) is 19.3 Å². The summed E-state index contributed by atoms with van der Waals surface area (Å²) in [6.07, 6.45) is 3.85. The molecule has 2 aliphatic heterocycles. The molecule has 2 aliphatic rings. The minimum Gasteiger partial charge on any atom is -0.329 e. The fourth-order valence-electron chi connectivity index (χ4n) is 3.41. The summed E-state index contributed by atoms with van der Waals surface area (Å²) in [5, 5.41) is 0. The molecule has 2 heterocycles. The van der Waals surface area contributed by atoms with Gasteiger partial charge in [0.25, 0.3) is 0 Å². The van der Waals surface area contributed by atoms with Crippen LogP contribution in [0.3, 0.4) is 0 Å². The molecular weight excluding hydrogens is 212 g/mol. The smallest absolute Gasteiger partial charge is 0.0459 e. The van der Waals surface area contributed by atoms with E-state index in [0.717, 1.165) is 13.1 Å². The van der Waals surface area contributed by atoms with Gasteiger partial charge in [-0.3, -0.25) is 4.90 Å². The normalized spacial score (nSPS) is 34.8. The first-order valence-corrected chi connectivity index (χ1v) is 6.98. The van der Waals surface area contributed by atoms with Gasteiger partial charge < -0.3 is 15.5 Å². The van der Waals surface area contributed by atoms with Crippen LogP contribution >= 0.6 is 0 Å². The predicted octanol–water partition coefficient (Wildman–Crippen LogP) is 0.0470. The topological polar surface area (TPSA) is 35.7 Å². The number of likely N-dealkylation sites (N-methyl/N-ethyl adjacent to an activating group) is 2. The van der Waals surface area contributed by atoms with E-state index >= 15 is 0 Å². The Balaban J connectivity index is 2.05. The zero-order chi connectivity index (χ0) is 12.3. The van der Waals surface area contributed by atoms with Crippen LogP contribution in [0.25, 0.3) is 0 Å². The molecule has 17 heavy (non-hydrogen) atoms. The highest BCUT2D eigenvalue weighted by Crippen LogP contribution is 2.27. The van der Waals surface area contributed by atoms with Crippen LogP contribution < -0.4 is 5.73 Å².